The Morgan fingerprint density at radius 1 is 1.07 bits per heavy atom. The van der Waals surface area contributed by atoms with E-state index in [1.165, 1.54) is 6.92 Å². The fourth-order valence-electron chi connectivity index (χ4n) is 2.03. The predicted molar refractivity (Wildman–Crippen MR) is 106 cm³/mol. The second-order valence-corrected chi connectivity index (χ2v) is 8.25. The molecular weight excluding hydrogens is 368 g/mol. The molecule has 0 radical (unpaired) electrons. The Balaban J connectivity index is 2.61. The minimum absolute atomic E-state index is 0.0797. The maximum absolute atomic E-state index is 12.1. The molecule has 1 aromatic rings. The van der Waals surface area contributed by atoms with Gasteiger partial charge in [0.1, 0.15) is 12.2 Å². The first kappa shape index (κ1) is 22.8. The summed E-state index contributed by atoms with van der Waals surface area (Å²) in [7, 11) is 0. The largest absolute Gasteiger partial charge is 0.445 e. The van der Waals surface area contributed by atoms with Crippen LogP contribution in [0, 0.1) is 0 Å². The van der Waals surface area contributed by atoms with Gasteiger partial charge in [0.15, 0.2) is 5.12 Å². The van der Waals surface area contributed by atoms with Crippen LogP contribution in [0.4, 0.5) is 9.59 Å². The Hall–Kier alpha value is -2.22. The van der Waals surface area contributed by atoms with Crippen LogP contribution in [-0.4, -0.2) is 40.7 Å². The van der Waals surface area contributed by atoms with Crippen molar-refractivity contribution in [2.24, 2.45) is 0 Å². The van der Waals surface area contributed by atoms with Crippen LogP contribution in [0.15, 0.2) is 30.3 Å². The highest BCUT2D eigenvalue weighted by Gasteiger charge is 2.25. The van der Waals surface area contributed by atoms with Gasteiger partial charge < -0.3 is 20.1 Å². The normalized spacial score (nSPS) is 13.2. The molecule has 8 heteroatoms. The smallest absolute Gasteiger partial charge is 0.407 e. The van der Waals surface area contributed by atoms with Crippen LogP contribution >= 0.6 is 11.8 Å². The van der Waals surface area contributed by atoms with E-state index in [0.29, 0.717) is 5.75 Å². The zero-order valence-corrected chi connectivity index (χ0v) is 17.2. The number of alkyl carbamates (subject to hydrolysis) is 2. The van der Waals surface area contributed by atoms with Crippen molar-refractivity contribution in [3.63, 3.8) is 0 Å². The lowest BCUT2D eigenvalue weighted by molar-refractivity contribution is -0.109. The van der Waals surface area contributed by atoms with Gasteiger partial charge in [-0.3, -0.25) is 4.79 Å². The van der Waals surface area contributed by atoms with Gasteiger partial charge in [-0.2, -0.15) is 0 Å². The molecule has 0 saturated heterocycles. The van der Waals surface area contributed by atoms with Crippen molar-refractivity contribution in [1.82, 2.24) is 10.6 Å². The average molecular weight is 397 g/mol. The van der Waals surface area contributed by atoms with E-state index in [4.69, 9.17) is 9.47 Å². The third-order valence-corrected chi connectivity index (χ3v) is 4.26. The molecule has 0 unspecified atom stereocenters. The quantitative estimate of drug-likeness (QED) is 0.733. The minimum Gasteiger partial charge on any atom is -0.445 e. The molecule has 0 aliphatic carbocycles. The molecule has 0 saturated carbocycles. The molecule has 150 valence electrons. The van der Waals surface area contributed by atoms with Crippen molar-refractivity contribution in [3.8, 4) is 0 Å². The van der Waals surface area contributed by atoms with E-state index >= 15 is 0 Å². The van der Waals surface area contributed by atoms with Gasteiger partial charge in [0.05, 0.1) is 12.1 Å². The lowest BCUT2D eigenvalue weighted by Crippen LogP contribution is -2.52. The summed E-state index contributed by atoms with van der Waals surface area (Å²) in [5, 5.41) is 5.31. The van der Waals surface area contributed by atoms with Gasteiger partial charge >= 0.3 is 12.2 Å². The standard InChI is InChI=1S/C19H28N2O5S/c1-13(20-18(24)26-19(3,4)5)16(12-27-14(2)22)21-17(23)25-11-15-9-7-6-8-10-15/h6-10,13,16H,11-12H2,1-5H3,(H,20,24)(H,21,23)/t13-,16+/m0/s1. The van der Waals surface area contributed by atoms with E-state index in [-0.39, 0.29) is 11.7 Å². The lowest BCUT2D eigenvalue weighted by Gasteiger charge is -2.27. The van der Waals surface area contributed by atoms with E-state index in [1.807, 2.05) is 30.3 Å². The number of benzene rings is 1. The Kier molecular flexibility index (Phi) is 9.14. The molecule has 0 spiro atoms. The van der Waals surface area contributed by atoms with Crippen molar-refractivity contribution in [1.29, 1.82) is 0 Å². The number of carbonyl (C=O) groups excluding carboxylic acids is 3. The van der Waals surface area contributed by atoms with Crippen LogP contribution < -0.4 is 10.6 Å². The molecule has 1 aromatic carbocycles. The molecule has 2 atom stereocenters. The predicted octanol–water partition coefficient (Wildman–Crippen LogP) is 3.47. The molecule has 2 N–H and O–H groups in total. The molecule has 1 rings (SSSR count). The van der Waals surface area contributed by atoms with E-state index < -0.39 is 29.9 Å². The number of nitrogens with one attached hydrogen (secondary N) is 2. The fraction of sp³-hybridized carbons (Fsp3) is 0.526. The number of amides is 2. The summed E-state index contributed by atoms with van der Waals surface area (Å²) in [5.74, 6) is 0.298. The van der Waals surface area contributed by atoms with E-state index in [1.54, 1.807) is 27.7 Å². The van der Waals surface area contributed by atoms with Crippen molar-refractivity contribution >= 4 is 29.1 Å². The lowest BCUT2D eigenvalue weighted by atomic mass is 10.1. The van der Waals surface area contributed by atoms with Crippen LogP contribution in [0.5, 0.6) is 0 Å². The van der Waals surface area contributed by atoms with Crippen LogP contribution in [-0.2, 0) is 20.9 Å². The zero-order valence-electron chi connectivity index (χ0n) is 16.4. The monoisotopic (exact) mass is 396 g/mol. The molecule has 0 aliphatic rings. The van der Waals surface area contributed by atoms with Crippen molar-refractivity contribution in [2.45, 2.75) is 58.9 Å². The first-order valence-electron chi connectivity index (χ1n) is 8.67. The van der Waals surface area contributed by atoms with E-state index in [2.05, 4.69) is 10.6 Å². The van der Waals surface area contributed by atoms with Gasteiger partial charge in [-0.05, 0) is 33.3 Å². The number of hydrogen-bond donors (Lipinski definition) is 2. The highest BCUT2D eigenvalue weighted by atomic mass is 32.2. The highest BCUT2D eigenvalue weighted by molar-refractivity contribution is 8.13. The summed E-state index contributed by atoms with van der Waals surface area (Å²) < 4.78 is 10.4. The minimum atomic E-state index is -0.629. The molecule has 0 heterocycles. The average Bonchev–Trinajstić information content (AvgIpc) is 2.55. The summed E-state index contributed by atoms with van der Waals surface area (Å²) in [4.78, 5) is 35.4. The van der Waals surface area contributed by atoms with Gasteiger partial charge in [-0.25, -0.2) is 9.59 Å². The second-order valence-electron chi connectivity index (χ2n) is 7.05. The maximum Gasteiger partial charge on any atom is 0.407 e. The first-order chi connectivity index (χ1) is 12.6. The summed E-state index contributed by atoms with van der Waals surface area (Å²) in [5.41, 5.74) is 0.234. The highest BCUT2D eigenvalue weighted by Crippen LogP contribution is 2.10. The van der Waals surface area contributed by atoms with E-state index in [9.17, 15) is 14.4 Å². The Bertz CT molecular complexity index is 631. The molecule has 7 nitrogen and oxygen atoms in total. The van der Waals surface area contributed by atoms with Crippen LogP contribution in [0.3, 0.4) is 0 Å². The third-order valence-electron chi connectivity index (χ3n) is 3.33. The SMILES string of the molecule is CC(=O)SC[C@@H](NC(=O)OCc1ccccc1)[C@H](C)NC(=O)OC(C)(C)C. The summed E-state index contributed by atoms with van der Waals surface area (Å²) in [6.45, 7) is 8.60. The molecule has 27 heavy (non-hydrogen) atoms. The molecule has 0 aliphatic heterocycles. The van der Waals surface area contributed by atoms with Crippen molar-refractivity contribution in [3.05, 3.63) is 35.9 Å². The van der Waals surface area contributed by atoms with Crippen LogP contribution in [0.2, 0.25) is 0 Å². The van der Waals surface area contributed by atoms with Gasteiger partial charge in [0, 0.05) is 12.7 Å². The third kappa shape index (κ3) is 10.5. The molecule has 0 fully saturated rings. The number of ether oxygens (including phenoxy) is 2. The molecule has 0 aromatic heterocycles. The zero-order chi connectivity index (χ0) is 20.4. The van der Waals surface area contributed by atoms with E-state index in [0.717, 1.165) is 17.3 Å². The Labute approximate surface area is 164 Å². The van der Waals surface area contributed by atoms with Crippen LogP contribution in [0.25, 0.3) is 0 Å². The molecule has 0 bridgehead atoms. The first-order valence-corrected chi connectivity index (χ1v) is 9.65. The second kappa shape index (κ2) is 10.8. The van der Waals surface area contributed by atoms with Gasteiger partial charge in [0.2, 0.25) is 0 Å². The van der Waals surface area contributed by atoms with Gasteiger partial charge in [-0.1, -0.05) is 42.1 Å². The Morgan fingerprint density at radius 2 is 1.70 bits per heavy atom. The summed E-state index contributed by atoms with van der Waals surface area (Å²) in [6, 6.07) is 8.32. The van der Waals surface area contributed by atoms with Crippen molar-refractivity contribution in [2.75, 3.05) is 5.75 Å². The fourth-order valence-corrected chi connectivity index (χ4v) is 2.81. The van der Waals surface area contributed by atoms with Gasteiger partial charge in [0.25, 0.3) is 0 Å². The number of rotatable bonds is 7. The number of hydrogen-bond acceptors (Lipinski definition) is 6. The summed E-state index contributed by atoms with van der Waals surface area (Å²) >= 11 is 1.06. The molecule has 2 amide bonds. The van der Waals surface area contributed by atoms with Crippen molar-refractivity contribution < 1.29 is 23.9 Å². The maximum atomic E-state index is 12.1. The Morgan fingerprint density at radius 3 is 2.26 bits per heavy atom. The van der Waals surface area contributed by atoms with Crippen LogP contribution in [0.1, 0.15) is 40.2 Å². The molecular formula is C19H28N2O5S. The topological polar surface area (TPSA) is 93.7 Å². The summed E-state index contributed by atoms with van der Waals surface area (Å²) in [6.07, 6.45) is -1.21. The number of thioether (sulfide) groups is 1. The number of carbonyl (C=O) groups is 3. The van der Waals surface area contributed by atoms with Gasteiger partial charge in [-0.15, -0.1) is 0 Å².